The Labute approximate surface area is 269 Å². The Bertz CT molecular complexity index is 1860. The lowest BCUT2D eigenvalue weighted by molar-refractivity contribution is -0.140. The zero-order chi connectivity index (χ0) is 33.5. The zero-order valence-electron chi connectivity index (χ0n) is 26.0. The molecule has 9 nitrogen and oxygen atoms in total. The lowest BCUT2D eigenvalue weighted by Gasteiger charge is -2.42. The third-order valence-corrected chi connectivity index (χ3v) is 10.3. The highest BCUT2D eigenvalue weighted by atomic mass is 32.2. The monoisotopic (exact) mass is 678 g/mol. The van der Waals surface area contributed by atoms with Crippen LogP contribution in [0.2, 0.25) is 0 Å². The van der Waals surface area contributed by atoms with Crippen LogP contribution < -0.4 is 9.64 Å². The van der Waals surface area contributed by atoms with Crippen molar-refractivity contribution in [3.8, 4) is 17.0 Å². The van der Waals surface area contributed by atoms with Crippen molar-refractivity contribution in [1.82, 2.24) is 24.1 Å². The maximum absolute atomic E-state index is 15.9. The van der Waals surface area contributed by atoms with Gasteiger partial charge in [0.1, 0.15) is 12.3 Å². The highest BCUT2D eigenvalue weighted by Crippen LogP contribution is 2.42. The van der Waals surface area contributed by atoms with Crippen molar-refractivity contribution >= 4 is 27.0 Å². The molecular weight excluding hydrogens is 643 g/mol. The molecule has 0 N–H and O–H groups in total. The molecule has 3 heterocycles. The van der Waals surface area contributed by atoms with E-state index in [9.17, 15) is 21.6 Å². The van der Waals surface area contributed by atoms with Crippen LogP contribution in [0.5, 0.6) is 5.75 Å². The summed E-state index contributed by atoms with van der Waals surface area (Å²) in [5.41, 5.74) is -1.78. The van der Waals surface area contributed by atoms with Crippen molar-refractivity contribution < 1.29 is 35.1 Å². The Morgan fingerprint density at radius 1 is 1.02 bits per heavy atom. The van der Waals surface area contributed by atoms with E-state index in [0.29, 0.717) is 30.0 Å². The summed E-state index contributed by atoms with van der Waals surface area (Å²) in [7, 11) is -1.90. The van der Waals surface area contributed by atoms with Crippen LogP contribution >= 0.6 is 0 Å². The fourth-order valence-electron chi connectivity index (χ4n) is 6.61. The predicted octanol–water partition coefficient (Wildman–Crippen LogP) is 6.33. The maximum atomic E-state index is 15.9. The minimum absolute atomic E-state index is 0.155. The maximum Gasteiger partial charge on any atom is 0.419 e. The molecule has 2 aromatic heterocycles. The summed E-state index contributed by atoms with van der Waals surface area (Å²) in [4.78, 5) is 11.2. The first-order chi connectivity index (χ1) is 22.3. The van der Waals surface area contributed by atoms with Crippen molar-refractivity contribution in [2.24, 2.45) is 13.0 Å². The number of sulfonamides is 1. The molecule has 47 heavy (non-hydrogen) atoms. The molecule has 1 aliphatic heterocycles. The first-order valence-electron chi connectivity index (χ1n) is 15.5. The number of hydrogen-bond acceptors (Lipinski definition) is 7. The SMILES string of the molecule is Cn1nc(-c2cc(C(F)(F)F)c(F)c(OCc3ccccc3)c2F)c2cnc(N3CCN(S(C)(=O)=O)CC3CC3CCCCC3)nc21. The van der Waals surface area contributed by atoms with Crippen LogP contribution in [0.4, 0.5) is 27.9 Å². The van der Waals surface area contributed by atoms with Crippen LogP contribution in [0.1, 0.15) is 49.7 Å². The quantitative estimate of drug-likeness (QED) is 0.201. The summed E-state index contributed by atoms with van der Waals surface area (Å²) in [6, 6.07) is 8.49. The number of benzene rings is 2. The molecule has 1 atom stereocenters. The fraction of sp³-hybridized carbons (Fsp3) is 0.469. The Hall–Kier alpha value is -3.85. The number of halogens is 5. The van der Waals surface area contributed by atoms with Gasteiger partial charge in [-0.3, -0.25) is 0 Å². The van der Waals surface area contributed by atoms with Crippen LogP contribution in [0.15, 0.2) is 42.6 Å². The van der Waals surface area contributed by atoms with Gasteiger partial charge in [-0.25, -0.2) is 26.9 Å². The van der Waals surface area contributed by atoms with E-state index in [-0.39, 0.29) is 42.5 Å². The molecule has 1 aliphatic carbocycles. The Morgan fingerprint density at radius 3 is 2.43 bits per heavy atom. The summed E-state index contributed by atoms with van der Waals surface area (Å²) in [6.45, 7) is 0.495. The minimum Gasteiger partial charge on any atom is -0.483 e. The first kappa shape index (κ1) is 33.1. The fourth-order valence-corrected chi connectivity index (χ4v) is 7.47. The van der Waals surface area contributed by atoms with E-state index in [1.54, 1.807) is 30.3 Å². The lowest BCUT2D eigenvalue weighted by Crippen LogP contribution is -2.55. The van der Waals surface area contributed by atoms with Crippen molar-refractivity contribution in [3.05, 3.63) is 65.4 Å². The van der Waals surface area contributed by atoms with E-state index in [1.807, 2.05) is 4.90 Å². The van der Waals surface area contributed by atoms with Gasteiger partial charge in [-0.2, -0.15) is 27.6 Å². The lowest BCUT2D eigenvalue weighted by atomic mass is 9.84. The van der Waals surface area contributed by atoms with Gasteiger partial charge in [0.2, 0.25) is 16.0 Å². The minimum atomic E-state index is -5.15. The Balaban J connectivity index is 1.38. The number of aryl methyl sites for hydroxylation is 1. The summed E-state index contributed by atoms with van der Waals surface area (Å²) in [5.74, 6) is -3.61. The van der Waals surface area contributed by atoms with Gasteiger partial charge in [-0.1, -0.05) is 62.4 Å². The summed E-state index contributed by atoms with van der Waals surface area (Å²) < 4.78 is 106. The smallest absolute Gasteiger partial charge is 0.419 e. The first-order valence-corrected chi connectivity index (χ1v) is 17.3. The molecule has 6 rings (SSSR count). The standard InChI is InChI=1S/C32H35F5N6O3S/c1-41-30-24(17-38-31(39-30)43-14-13-42(47(2,44)45)18-22(43)15-20-9-5-3-6-10-20)28(40-41)23-16-25(32(35,36)37)27(34)29(26(23)33)46-19-21-11-7-4-8-12-21/h4,7-8,11-12,16-17,20,22H,3,5-6,9-10,13-15,18-19H2,1-2H3. The normalized spacial score (nSPS) is 18.6. The van der Waals surface area contributed by atoms with E-state index in [1.165, 1.54) is 34.9 Å². The van der Waals surface area contributed by atoms with Crippen LogP contribution in [0.25, 0.3) is 22.3 Å². The molecule has 1 saturated carbocycles. The van der Waals surface area contributed by atoms with Crippen molar-refractivity contribution in [2.45, 2.75) is 57.3 Å². The molecule has 2 aliphatic rings. The topological polar surface area (TPSA) is 93.5 Å². The van der Waals surface area contributed by atoms with Gasteiger partial charge in [-0.05, 0) is 24.0 Å². The van der Waals surface area contributed by atoms with Gasteiger partial charge >= 0.3 is 6.18 Å². The average molecular weight is 679 g/mol. The Morgan fingerprint density at radius 2 is 1.74 bits per heavy atom. The summed E-state index contributed by atoms with van der Waals surface area (Å²) >= 11 is 0. The number of nitrogens with zero attached hydrogens (tertiary/aromatic N) is 6. The van der Waals surface area contributed by atoms with Crippen molar-refractivity contribution in [1.29, 1.82) is 0 Å². The Kier molecular flexibility index (Phi) is 9.13. The van der Waals surface area contributed by atoms with E-state index in [2.05, 4.69) is 15.1 Å². The molecule has 2 aromatic carbocycles. The highest BCUT2D eigenvalue weighted by Gasteiger charge is 2.39. The van der Waals surface area contributed by atoms with Crippen LogP contribution in [0.3, 0.4) is 0 Å². The average Bonchev–Trinajstić information content (AvgIpc) is 3.36. The van der Waals surface area contributed by atoms with Gasteiger partial charge < -0.3 is 9.64 Å². The molecule has 252 valence electrons. The largest absolute Gasteiger partial charge is 0.483 e. The third kappa shape index (κ3) is 6.91. The molecule has 1 unspecified atom stereocenters. The van der Waals surface area contributed by atoms with Crippen LogP contribution in [-0.2, 0) is 29.9 Å². The molecule has 4 aromatic rings. The third-order valence-electron chi connectivity index (χ3n) is 9.02. The second-order valence-electron chi connectivity index (χ2n) is 12.3. The van der Waals surface area contributed by atoms with E-state index in [4.69, 9.17) is 4.74 Å². The van der Waals surface area contributed by atoms with Gasteiger partial charge in [-0.15, -0.1) is 0 Å². The number of ether oxygens (including phenoxy) is 1. The van der Waals surface area contributed by atoms with E-state index >= 15 is 8.78 Å². The zero-order valence-corrected chi connectivity index (χ0v) is 26.8. The number of alkyl halides is 3. The number of hydrogen-bond donors (Lipinski definition) is 0. The molecule has 1 saturated heterocycles. The number of fused-ring (bicyclic) bond motifs is 1. The van der Waals surface area contributed by atoms with Crippen LogP contribution in [0, 0.1) is 17.6 Å². The van der Waals surface area contributed by atoms with Crippen LogP contribution in [-0.4, -0.2) is 64.4 Å². The van der Waals surface area contributed by atoms with E-state index < -0.39 is 44.7 Å². The predicted molar refractivity (Wildman–Crippen MR) is 166 cm³/mol. The van der Waals surface area contributed by atoms with E-state index in [0.717, 1.165) is 32.1 Å². The summed E-state index contributed by atoms with van der Waals surface area (Å²) in [5, 5.41) is 4.45. The number of rotatable bonds is 8. The molecule has 2 fully saturated rings. The number of anilines is 1. The molecule has 0 spiro atoms. The summed E-state index contributed by atoms with van der Waals surface area (Å²) in [6.07, 6.45) is 3.73. The molecule has 15 heteroatoms. The second kappa shape index (κ2) is 13.0. The van der Waals surface area contributed by atoms with Gasteiger partial charge in [0.05, 0.1) is 17.2 Å². The van der Waals surface area contributed by atoms with Gasteiger partial charge in [0, 0.05) is 44.5 Å². The number of aromatic nitrogens is 4. The highest BCUT2D eigenvalue weighted by molar-refractivity contribution is 7.88. The van der Waals surface area contributed by atoms with Gasteiger partial charge in [0.25, 0.3) is 0 Å². The molecule has 0 bridgehead atoms. The van der Waals surface area contributed by atoms with Crippen molar-refractivity contribution in [3.63, 3.8) is 0 Å². The van der Waals surface area contributed by atoms with Gasteiger partial charge in [0.15, 0.2) is 23.0 Å². The second-order valence-corrected chi connectivity index (χ2v) is 14.3. The molecule has 0 amide bonds. The number of piperazine rings is 1. The molecular formula is C32H35F5N6O3S. The molecule has 0 radical (unpaired) electrons. The van der Waals surface area contributed by atoms with Crippen molar-refractivity contribution in [2.75, 3.05) is 30.8 Å².